The van der Waals surface area contributed by atoms with Gasteiger partial charge < -0.3 is 10.0 Å². The fraction of sp³-hybridized carbons (Fsp3) is 0.300. The fourth-order valence-electron chi connectivity index (χ4n) is 5.15. The Labute approximate surface area is 235 Å². The summed E-state index contributed by atoms with van der Waals surface area (Å²) in [6, 6.07) is 17.6. The van der Waals surface area contributed by atoms with Gasteiger partial charge in [-0.1, -0.05) is 47.5 Å². The average molecular weight is 573 g/mol. The number of nitrogens with zero attached hydrogens (tertiary/aromatic N) is 2. The number of anilines is 2. The summed E-state index contributed by atoms with van der Waals surface area (Å²) < 4.78 is 44.2. The Hall–Kier alpha value is -2.94. The summed E-state index contributed by atoms with van der Waals surface area (Å²) >= 11 is 8.31. The van der Waals surface area contributed by atoms with Crippen molar-refractivity contribution in [3.8, 4) is 11.1 Å². The van der Waals surface area contributed by atoms with Gasteiger partial charge in [0, 0.05) is 41.6 Å². The molecule has 1 N–H and O–H groups in total. The number of para-hydroxylation sites is 1. The standard InChI is InChI=1S/C30H28ClF3N2O2S/c1-35-22(14-19-6-5-12-30(33,34)13-11-19)18-36(21-7-3-2-4-8-21)27-17-25(31)23(16-28(27)39-35)20-9-10-26(32)24(15-20)29(37)38/h2-4,6-10,15-17,22H,5,11-14,18H2,1H3,(H,37,38)/t22-/m1/s1. The molecule has 3 aromatic carbocycles. The SMILES string of the molecule is CN1Sc2cc(-c3ccc(F)c(C(=O)O)c3)c(Cl)cc2N(c2ccccc2)C[C@H]1CC1=CCCC(F)(F)CC1. The summed E-state index contributed by atoms with van der Waals surface area (Å²) in [4.78, 5) is 14.6. The van der Waals surface area contributed by atoms with E-state index in [1.807, 2.05) is 55.6 Å². The topological polar surface area (TPSA) is 43.8 Å². The smallest absolute Gasteiger partial charge is 0.338 e. The van der Waals surface area contributed by atoms with E-state index in [-0.39, 0.29) is 18.9 Å². The summed E-state index contributed by atoms with van der Waals surface area (Å²) in [6.07, 6.45) is 3.17. The monoisotopic (exact) mass is 572 g/mol. The third-order valence-corrected chi connectivity index (χ3v) is 8.74. The molecule has 0 spiro atoms. The lowest BCUT2D eigenvalue weighted by atomic mass is 9.99. The molecule has 0 amide bonds. The molecule has 0 saturated heterocycles. The van der Waals surface area contributed by atoms with E-state index in [1.165, 1.54) is 24.1 Å². The minimum Gasteiger partial charge on any atom is -0.478 e. The first-order valence-electron chi connectivity index (χ1n) is 12.8. The van der Waals surface area contributed by atoms with Crippen LogP contribution in [0.2, 0.25) is 5.02 Å². The average Bonchev–Trinajstić information content (AvgIpc) is 3.15. The Morgan fingerprint density at radius 3 is 2.64 bits per heavy atom. The minimum absolute atomic E-state index is 0.0206. The molecule has 9 heteroatoms. The molecule has 39 heavy (non-hydrogen) atoms. The number of rotatable bonds is 5. The molecule has 0 aromatic heterocycles. The number of allylic oxidation sites excluding steroid dienone is 1. The van der Waals surface area contributed by atoms with E-state index in [1.54, 1.807) is 0 Å². The number of aromatic carboxylic acids is 1. The fourth-order valence-corrected chi connectivity index (χ4v) is 6.45. The molecule has 3 aromatic rings. The van der Waals surface area contributed by atoms with E-state index in [4.69, 9.17) is 11.6 Å². The van der Waals surface area contributed by atoms with E-state index in [2.05, 4.69) is 9.21 Å². The van der Waals surface area contributed by atoms with Crippen molar-refractivity contribution in [2.45, 2.75) is 49.0 Å². The van der Waals surface area contributed by atoms with Gasteiger partial charge in [0.05, 0.1) is 16.3 Å². The summed E-state index contributed by atoms with van der Waals surface area (Å²) in [5.74, 6) is -4.78. The quantitative estimate of drug-likeness (QED) is 0.244. The van der Waals surface area contributed by atoms with Crippen LogP contribution < -0.4 is 4.90 Å². The number of carboxylic acid groups (broad SMARTS) is 1. The van der Waals surface area contributed by atoms with Crippen LogP contribution in [0.3, 0.4) is 0 Å². The molecule has 0 saturated carbocycles. The summed E-state index contributed by atoms with van der Waals surface area (Å²) in [5.41, 5.74) is 3.59. The van der Waals surface area contributed by atoms with Crippen molar-refractivity contribution < 1.29 is 23.1 Å². The Bertz CT molecular complexity index is 1420. The van der Waals surface area contributed by atoms with E-state index in [0.29, 0.717) is 42.0 Å². The minimum atomic E-state index is -2.62. The lowest BCUT2D eigenvalue weighted by molar-refractivity contribution is -0.0129. The first-order chi connectivity index (χ1) is 18.6. The van der Waals surface area contributed by atoms with Crippen LogP contribution in [-0.4, -0.2) is 40.9 Å². The van der Waals surface area contributed by atoms with E-state index >= 15 is 0 Å². The molecular formula is C30H28ClF3N2O2S. The van der Waals surface area contributed by atoms with E-state index < -0.39 is 23.3 Å². The maximum atomic E-state index is 14.1. The van der Waals surface area contributed by atoms with Gasteiger partial charge in [-0.25, -0.2) is 22.3 Å². The highest BCUT2D eigenvalue weighted by atomic mass is 35.5. The highest BCUT2D eigenvalue weighted by Gasteiger charge is 2.33. The molecule has 204 valence electrons. The van der Waals surface area contributed by atoms with Gasteiger partial charge in [0.15, 0.2) is 0 Å². The Morgan fingerprint density at radius 1 is 1.13 bits per heavy atom. The molecule has 1 aliphatic carbocycles. The zero-order valence-electron chi connectivity index (χ0n) is 21.3. The largest absolute Gasteiger partial charge is 0.478 e. The van der Waals surface area contributed by atoms with Crippen molar-refractivity contribution in [1.82, 2.24) is 4.31 Å². The van der Waals surface area contributed by atoms with Gasteiger partial charge in [0.25, 0.3) is 0 Å². The van der Waals surface area contributed by atoms with Crippen LogP contribution >= 0.6 is 23.5 Å². The molecule has 2 aliphatic rings. The number of fused-ring (bicyclic) bond motifs is 1. The van der Waals surface area contributed by atoms with Crippen LogP contribution in [-0.2, 0) is 0 Å². The number of hydrogen-bond acceptors (Lipinski definition) is 4. The number of carboxylic acids is 1. The predicted molar refractivity (Wildman–Crippen MR) is 151 cm³/mol. The Kier molecular flexibility index (Phi) is 7.99. The third kappa shape index (κ3) is 6.13. The Balaban J connectivity index is 1.53. The second kappa shape index (κ2) is 11.3. The molecule has 0 radical (unpaired) electrons. The molecule has 1 aliphatic heterocycles. The first kappa shape index (κ1) is 27.6. The molecule has 0 fully saturated rings. The van der Waals surface area contributed by atoms with Gasteiger partial charge in [-0.3, -0.25) is 0 Å². The molecule has 0 bridgehead atoms. The normalized spacial score (nSPS) is 19.6. The molecule has 1 atom stereocenters. The number of likely N-dealkylation sites (N-methyl/N-ethyl adjacent to an activating group) is 1. The summed E-state index contributed by atoms with van der Waals surface area (Å²) in [7, 11) is 1.99. The van der Waals surface area contributed by atoms with Crippen LogP contribution in [0.1, 0.15) is 42.5 Å². The molecular weight excluding hydrogens is 545 g/mol. The number of alkyl halides is 2. The third-order valence-electron chi connectivity index (χ3n) is 7.32. The molecule has 5 rings (SSSR count). The molecule has 4 nitrogen and oxygen atoms in total. The second-order valence-corrected chi connectivity index (χ2v) is 11.6. The maximum Gasteiger partial charge on any atom is 0.338 e. The summed E-state index contributed by atoms with van der Waals surface area (Å²) in [5, 5.41) is 9.81. The van der Waals surface area contributed by atoms with E-state index in [9.17, 15) is 23.1 Å². The second-order valence-electron chi connectivity index (χ2n) is 10.00. The molecule has 0 unspecified atom stereocenters. The highest BCUT2D eigenvalue weighted by Crippen LogP contribution is 2.46. The Morgan fingerprint density at radius 2 is 1.90 bits per heavy atom. The van der Waals surface area contributed by atoms with Crippen LogP contribution in [0.25, 0.3) is 11.1 Å². The van der Waals surface area contributed by atoms with Crippen LogP contribution in [0.4, 0.5) is 24.5 Å². The van der Waals surface area contributed by atoms with Gasteiger partial charge in [-0.15, -0.1) is 0 Å². The van der Waals surface area contributed by atoms with Gasteiger partial charge in [0.2, 0.25) is 5.92 Å². The van der Waals surface area contributed by atoms with Gasteiger partial charge in [-0.05, 0) is 80.2 Å². The van der Waals surface area contributed by atoms with Crippen LogP contribution in [0, 0.1) is 5.82 Å². The zero-order valence-corrected chi connectivity index (χ0v) is 22.9. The molecule has 1 heterocycles. The van der Waals surface area contributed by atoms with Crippen LogP contribution in [0.15, 0.2) is 77.2 Å². The van der Waals surface area contributed by atoms with Crippen molar-refractivity contribution in [2.24, 2.45) is 0 Å². The number of halogens is 4. The van der Waals surface area contributed by atoms with Crippen molar-refractivity contribution in [3.05, 3.63) is 88.7 Å². The van der Waals surface area contributed by atoms with Gasteiger partial charge >= 0.3 is 5.97 Å². The van der Waals surface area contributed by atoms with E-state index in [0.717, 1.165) is 27.9 Å². The number of benzene rings is 3. The summed E-state index contributed by atoms with van der Waals surface area (Å²) in [6.45, 7) is 0.615. The number of hydrogen-bond donors (Lipinski definition) is 1. The first-order valence-corrected chi connectivity index (χ1v) is 13.9. The van der Waals surface area contributed by atoms with Crippen molar-refractivity contribution in [3.63, 3.8) is 0 Å². The van der Waals surface area contributed by atoms with Gasteiger partial charge in [-0.2, -0.15) is 0 Å². The lowest BCUT2D eigenvalue weighted by Gasteiger charge is -2.30. The van der Waals surface area contributed by atoms with Gasteiger partial charge in [0.1, 0.15) is 5.82 Å². The number of carbonyl (C=O) groups is 1. The van der Waals surface area contributed by atoms with Crippen molar-refractivity contribution >= 4 is 40.9 Å². The van der Waals surface area contributed by atoms with Crippen LogP contribution in [0.5, 0.6) is 0 Å². The zero-order chi connectivity index (χ0) is 27.7. The lowest BCUT2D eigenvalue weighted by Crippen LogP contribution is -2.36. The van der Waals surface area contributed by atoms with Crippen molar-refractivity contribution in [2.75, 3.05) is 18.5 Å². The highest BCUT2D eigenvalue weighted by molar-refractivity contribution is 7.97. The van der Waals surface area contributed by atoms with Crippen molar-refractivity contribution in [1.29, 1.82) is 0 Å². The predicted octanol–water partition coefficient (Wildman–Crippen LogP) is 8.83. The maximum absolute atomic E-state index is 14.1.